The second-order valence-electron chi connectivity index (χ2n) is 3.52. The zero-order chi connectivity index (χ0) is 10.5. The summed E-state index contributed by atoms with van der Waals surface area (Å²) in [4.78, 5) is 21.7. The van der Waals surface area contributed by atoms with E-state index < -0.39 is 17.6 Å². The summed E-state index contributed by atoms with van der Waals surface area (Å²) >= 11 is 0. The van der Waals surface area contributed by atoms with Crippen LogP contribution in [0.15, 0.2) is 0 Å². The molecular weight excluding hydrogens is 172 g/mol. The molecule has 0 bridgehead atoms. The minimum atomic E-state index is -0.856. The van der Waals surface area contributed by atoms with Gasteiger partial charge in [0.25, 0.3) is 5.91 Å². The molecule has 0 atom stereocenters. The van der Waals surface area contributed by atoms with Crippen molar-refractivity contribution in [2.24, 2.45) is 5.73 Å². The molecule has 1 radical (unpaired) electrons. The van der Waals surface area contributed by atoms with Gasteiger partial charge in [-0.2, -0.15) is 0 Å². The summed E-state index contributed by atoms with van der Waals surface area (Å²) in [5.74, 6) is -0.545. The second kappa shape index (κ2) is 4.81. The van der Waals surface area contributed by atoms with E-state index >= 15 is 0 Å². The monoisotopic (exact) mass is 187 g/mol. The maximum Gasteiger partial charge on any atom is 0.437 e. The zero-order valence-electron chi connectivity index (χ0n) is 8.16. The number of carbonyl (C=O) groups is 2. The Balaban J connectivity index is 3.82. The van der Waals surface area contributed by atoms with Gasteiger partial charge in [0.1, 0.15) is 5.60 Å². The lowest BCUT2D eigenvalue weighted by atomic mass is 10.2. The van der Waals surface area contributed by atoms with Crippen LogP contribution in [0.5, 0.6) is 0 Å². The molecule has 75 valence electrons. The second-order valence-corrected chi connectivity index (χ2v) is 3.52. The molecule has 2 N–H and O–H groups in total. The van der Waals surface area contributed by atoms with Gasteiger partial charge >= 0.3 is 6.09 Å². The van der Waals surface area contributed by atoms with E-state index in [4.69, 9.17) is 10.5 Å². The van der Waals surface area contributed by atoms with Crippen LogP contribution in [-0.4, -0.2) is 24.1 Å². The highest BCUT2D eigenvalue weighted by Gasteiger charge is 2.19. The molecule has 0 unspecified atom stereocenters. The topological polar surface area (TPSA) is 83.5 Å². The molecule has 0 aliphatic carbocycles. The van der Waals surface area contributed by atoms with Crippen LogP contribution < -0.4 is 11.1 Å². The lowest BCUT2D eigenvalue weighted by Crippen LogP contribution is -2.32. The number of carbonyl (C=O) groups excluding carboxylic acids is 2. The summed E-state index contributed by atoms with van der Waals surface area (Å²) in [5, 5.41) is 3.17. The molecule has 0 heterocycles. The average molecular weight is 187 g/mol. The van der Waals surface area contributed by atoms with Crippen LogP contribution in [0, 0.1) is 0 Å². The third kappa shape index (κ3) is 7.27. The molecule has 0 rings (SSSR count). The minimum Gasteiger partial charge on any atom is -0.442 e. The Labute approximate surface area is 77.6 Å². The molecule has 5 nitrogen and oxygen atoms in total. The first-order valence-corrected chi connectivity index (χ1v) is 4.03. The van der Waals surface area contributed by atoms with Gasteiger partial charge in [-0.05, 0) is 20.8 Å². The third-order valence-electron chi connectivity index (χ3n) is 0.968. The van der Waals surface area contributed by atoms with Gasteiger partial charge in [0, 0.05) is 13.0 Å². The van der Waals surface area contributed by atoms with Gasteiger partial charge in [-0.15, -0.1) is 5.32 Å². The van der Waals surface area contributed by atoms with Gasteiger partial charge in [0.15, 0.2) is 0 Å². The highest BCUT2D eigenvalue weighted by molar-refractivity contribution is 5.91. The third-order valence-corrected chi connectivity index (χ3v) is 0.968. The van der Waals surface area contributed by atoms with Gasteiger partial charge in [-0.3, -0.25) is 4.79 Å². The molecule has 0 fully saturated rings. The molecule has 0 aromatic heterocycles. The Kier molecular flexibility index (Phi) is 4.40. The normalized spacial score (nSPS) is 10.8. The van der Waals surface area contributed by atoms with E-state index in [1.807, 2.05) is 0 Å². The molecule has 0 aliphatic rings. The summed E-state index contributed by atoms with van der Waals surface area (Å²) in [6.45, 7) is 5.29. The first kappa shape index (κ1) is 11.9. The van der Waals surface area contributed by atoms with Crippen LogP contribution in [0.3, 0.4) is 0 Å². The molecule has 5 heteroatoms. The molecule has 0 spiro atoms. The van der Waals surface area contributed by atoms with Crippen molar-refractivity contribution in [1.29, 1.82) is 0 Å². The number of nitrogens with zero attached hydrogens (tertiary/aromatic N) is 1. The largest absolute Gasteiger partial charge is 0.442 e. The van der Waals surface area contributed by atoms with Gasteiger partial charge in [0.05, 0.1) is 0 Å². The molecule has 0 aliphatic heterocycles. The van der Waals surface area contributed by atoms with E-state index in [-0.39, 0.29) is 13.0 Å². The Morgan fingerprint density at radius 1 is 1.38 bits per heavy atom. The first-order chi connectivity index (χ1) is 5.85. The van der Waals surface area contributed by atoms with Gasteiger partial charge in [-0.1, -0.05) is 0 Å². The molecule has 0 aromatic carbocycles. The van der Waals surface area contributed by atoms with Crippen LogP contribution in [0.2, 0.25) is 0 Å². The van der Waals surface area contributed by atoms with E-state index in [1.165, 1.54) is 0 Å². The summed E-state index contributed by atoms with van der Waals surface area (Å²) in [6, 6.07) is 0. The number of rotatable bonds is 2. The minimum absolute atomic E-state index is 0.0687. The molecule has 2 amide bonds. The number of hydrogen-bond donors (Lipinski definition) is 1. The fraction of sp³-hybridized carbons (Fsp3) is 0.750. The van der Waals surface area contributed by atoms with E-state index in [1.54, 1.807) is 20.8 Å². The Bertz CT molecular complexity index is 196. The van der Waals surface area contributed by atoms with Crippen LogP contribution in [0.25, 0.3) is 0 Å². The van der Waals surface area contributed by atoms with Crippen LogP contribution in [-0.2, 0) is 9.53 Å². The van der Waals surface area contributed by atoms with Crippen molar-refractivity contribution in [3.8, 4) is 0 Å². The number of amides is 2. The van der Waals surface area contributed by atoms with E-state index in [9.17, 15) is 9.59 Å². The maximum absolute atomic E-state index is 10.9. The fourth-order valence-corrected chi connectivity index (χ4v) is 0.566. The van der Waals surface area contributed by atoms with Crippen molar-refractivity contribution in [3.05, 3.63) is 0 Å². The smallest absolute Gasteiger partial charge is 0.437 e. The highest BCUT2D eigenvalue weighted by Crippen LogP contribution is 2.06. The number of nitrogens with two attached hydrogens (primary N) is 1. The SMILES string of the molecule is CC(C)(C)OC(=O)[N]C(=O)CCN. The quantitative estimate of drug-likeness (QED) is 0.678. The van der Waals surface area contributed by atoms with Gasteiger partial charge in [0.2, 0.25) is 0 Å². The predicted molar refractivity (Wildman–Crippen MR) is 47.0 cm³/mol. The van der Waals surface area contributed by atoms with Crippen LogP contribution in [0.1, 0.15) is 27.2 Å². The van der Waals surface area contributed by atoms with Gasteiger partial charge < -0.3 is 10.5 Å². The van der Waals surface area contributed by atoms with Crippen molar-refractivity contribution in [1.82, 2.24) is 5.32 Å². The summed E-state index contributed by atoms with van der Waals surface area (Å²) in [6.07, 6.45) is -0.787. The number of imide groups is 1. The standard InChI is InChI=1S/C8H15N2O3/c1-8(2,3)13-7(12)10-6(11)4-5-9/h4-5,9H2,1-3H3. The Morgan fingerprint density at radius 3 is 2.31 bits per heavy atom. The molecular formula is C8H15N2O3. The van der Waals surface area contributed by atoms with Crippen LogP contribution in [0.4, 0.5) is 4.79 Å². The Hall–Kier alpha value is -1.10. The van der Waals surface area contributed by atoms with Gasteiger partial charge in [-0.25, -0.2) is 4.79 Å². The lowest BCUT2D eigenvalue weighted by molar-refractivity contribution is -0.120. The average Bonchev–Trinajstić information content (AvgIpc) is 1.81. The van der Waals surface area contributed by atoms with Crippen molar-refractivity contribution in [2.45, 2.75) is 32.8 Å². The van der Waals surface area contributed by atoms with Crippen LogP contribution >= 0.6 is 0 Å². The van der Waals surface area contributed by atoms with Crippen molar-refractivity contribution >= 4 is 12.0 Å². The van der Waals surface area contributed by atoms with Crippen molar-refractivity contribution in [3.63, 3.8) is 0 Å². The van der Waals surface area contributed by atoms with E-state index in [0.29, 0.717) is 0 Å². The molecule has 13 heavy (non-hydrogen) atoms. The highest BCUT2D eigenvalue weighted by atomic mass is 16.6. The molecule has 0 saturated heterocycles. The predicted octanol–water partition coefficient (Wildman–Crippen LogP) is 0.401. The lowest BCUT2D eigenvalue weighted by Gasteiger charge is -2.18. The summed E-state index contributed by atoms with van der Waals surface area (Å²) < 4.78 is 4.79. The number of ether oxygens (including phenoxy) is 1. The summed E-state index contributed by atoms with van der Waals surface area (Å²) in [7, 11) is 0. The van der Waals surface area contributed by atoms with E-state index in [0.717, 1.165) is 0 Å². The zero-order valence-corrected chi connectivity index (χ0v) is 8.16. The van der Waals surface area contributed by atoms with Crippen molar-refractivity contribution < 1.29 is 14.3 Å². The maximum atomic E-state index is 10.9. The number of hydrogen-bond acceptors (Lipinski definition) is 4. The van der Waals surface area contributed by atoms with Crippen molar-refractivity contribution in [2.75, 3.05) is 6.54 Å². The van der Waals surface area contributed by atoms with E-state index in [2.05, 4.69) is 5.32 Å². The Morgan fingerprint density at radius 2 is 1.92 bits per heavy atom. The fourth-order valence-electron chi connectivity index (χ4n) is 0.566. The molecule has 0 aromatic rings. The molecule has 0 saturated carbocycles. The summed E-state index contributed by atoms with van der Waals surface area (Å²) in [5.41, 5.74) is 4.48. The first-order valence-electron chi connectivity index (χ1n) is 4.03.